The number of hydrogen-bond acceptors (Lipinski definition) is 3. The molecule has 2 rings (SSSR count). The van der Waals surface area contributed by atoms with Crippen LogP contribution in [0.2, 0.25) is 0 Å². The maximum Gasteiger partial charge on any atom is 0.267 e. The monoisotopic (exact) mass is 233 g/mol. The first kappa shape index (κ1) is 11.9. The van der Waals surface area contributed by atoms with Crippen molar-refractivity contribution in [3.63, 3.8) is 0 Å². The second-order valence-electron chi connectivity index (χ2n) is 5.54. The highest BCUT2D eigenvalue weighted by Gasteiger charge is 2.30. The molecule has 0 spiro atoms. The van der Waals surface area contributed by atoms with Crippen LogP contribution in [0.1, 0.15) is 43.6 Å². The Morgan fingerprint density at radius 1 is 1.59 bits per heavy atom. The van der Waals surface area contributed by atoms with Crippen molar-refractivity contribution in [2.45, 2.75) is 39.2 Å². The molecule has 17 heavy (non-hydrogen) atoms. The molecule has 1 unspecified atom stereocenters. The first-order chi connectivity index (χ1) is 7.96. The Balaban J connectivity index is 2.04. The maximum atomic E-state index is 11.0. The molecule has 1 heterocycles. The molecule has 4 nitrogen and oxygen atoms in total. The van der Waals surface area contributed by atoms with Gasteiger partial charge in [-0.1, -0.05) is 13.8 Å². The molecule has 1 atom stereocenters. The number of nitrogens with two attached hydrogens (primary N) is 1. The van der Waals surface area contributed by atoms with Gasteiger partial charge in [-0.25, -0.2) is 0 Å². The molecule has 1 fully saturated rings. The molecule has 1 aliphatic rings. The van der Waals surface area contributed by atoms with Crippen molar-refractivity contribution in [1.82, 2.24) is 4.98 Å². The van der Waals surface area contributed by atoms with Crippen LogP contribution in [0.15, 0.2) is 18.3 Å². The highest BCUT2D eigenvalue weighted by molar-refractivity contribution is 5.91. The second-order valence-corrected chi connectivity index (χ2v) is 5.54. The van der Waals surface area contributed by atoms with Gasteiger partial charge in [0.15, 0.2) is 0 Å². The summed E-state index contributed by atoms with van der Waals surface area (Å²) >= 11 is 0. The van der Waals surface area contributed by atoms with Crippen LogP contribution >= 0.6 is 0 Å². The van der Waals surface area contributed by atoms with Crippen LogP contribution in [0.4, 0.5) is 5.69 Å². The molecule has 0 radical (unpaired) electrons. The summed E-state index contributed by atoms with van der Waals surface area (Å²) in [7, 11) is 0. The number of anilines is 1. The largest absolute Gasteiger partial charge is 0.382 e. The van der Waals surface area contributed by atoms with Gasteiger partial charge < -0.3 is 11.1 Å². The summed E-state index contributed by atoms with van der Waals surface area (Å²) in [5, 5.41) is 3.44. The summed E-state index contributed by atoms with van der Waals surface area (Å²) in [5.41, 5.74) is 6.86. The fourth-order valence-electron chi connectivity index (χ4n) is 2.45. The first-order valence-corrected chi connectivity index (χ1v) is 5.99. The van der Waals surface area contributed by atoms with Gasteiger partial charge in [0, 0.05) is 17.9 Å². The van der Waals surface area contributed by atoms with E-state index in [1.165, 1.54) is 12.8 Å². The van der Waals surface area contributed by atoms with E-state index in [1.54, 1.807) is 12.3 Å². The highest BCUT2D eigenvalue weighted by Crippen LogP contribution is 2.38. The van der Waals surface area contributed by atoms with Crippen LogP contribution in [-0.2, 0) is 0 Å². The quantitative estimate of drug-likeness (QED) is 0.840. The van der Waals surface area contributed by atoms with E-state index in [0.29, 0.717) is 17.2 Å². The SMILES string of the molecule is CC1(C)CCC(Nc2ccnc(C(N)=O)c2)C1. The summed E-state index contributed by atoms with van der Waals surface area (Å²) in [6.45, 7) is 4.58. The van der Waals surface area contributed by atoms with E-state index < -0.39 is 5.91 Å². The third kappa shape index (κ3) is 2.96. The number of carbonyl (C=O) groups excluding carboxylic acids is 1. The lowest BCUT2D eigenvalue weighted by atomic mass is 9.92. The zero-order valence-corrected chi connectivity index (χ0v) is 10.4. The van der Waals surface area contributed by atoms with E-state index in [1.807, 2.05) is 6.07 Å². The maximum absolute atomic E-state index is 11.0. The summed E-state index contributed by atoms with van der Waals surface area (Å²) in [6.07, 6.45) is 5.17. The highest BCUT2D eigenvalue weighted by atomic mass is 16.1. The summed E-state index contributed by atoms with van der Waals surface area (Å²) in [4.78, 5) is 15.0. The van der Waals surface area contributed by atoms with Crippen LogP contribution in [0, 0.1) is 5.41 Å². The van der Waals surface area contributed by atoms with Crippen molar-refractivity contribution in [1.29, 1.82) is 0 Å². The van der Waals surface area contributed by atoms with Gasteiger partial charge in [-0.3, -0.25) is 9.78 Å². The van der Waals surface area contributed by atoms with E-state index in [4.69, 9.17) is 5.73 Å². The Hall–Kier alpha value is -1.58. The van der Waals surface area contributed by atoms with E-state index in [2.05, 4.69) is 24.1 Å². The lowest BCUT2D eigenvalue weighted by Gasteiger charge is -2.18. The molecule has 0 saturated heterocycles. The minimum Gasteiger partial charge on any atom is -0.382 e. The lowest BCUT2D eigenvalue weighted by molar-refractivity contribution is 0.0995. The molecule has 1 amide bonds. The van der Waals surface area contributed by atoms with Gasteiger partial charge in [0.2, 0.25) is 0 Å². The van der Waals surface area contributed by atoms with Crippen molar-refractivity contribution in [2.24, 2.45) is 11.1 Å². The molecular weight excluding hydrogens is 214 g/mol. The average Bonchev–Trinajstić information content (AvgIpc) is 2.58. The average molecular weight is 233 g/mol. The van der Waals surface area contributed by atoms with Crippen molar-refractivity contribution in [3.05, 3.63) is 24.0 Å². The minimum absolute atomic E-state index is 0.312. The molecule has 4 heteroatoms. The van der Waals surface area contributed by atoms with Crippen molar-refractivity contribution in [3.8, 4) is 0 Å². The van der Waals surface area contributed by atoms with Crippen LogP contribution in [0.25, 0.3) is 0 Å². The number of nitrogens with one attached hydrogen (secondary N) is 1. The summed E-state index contributed by atoms with van der Waals surface area (Å²) in [6, 6.07) is 4.07. The number of hydrogen-bond donors (Lipinski definition) is 2. The number of rotatable bonds is 3. The number of carbonyl (C=O) groups is 1. The standard InChI is InChI=1S/C13H19N3O/c1-13(2)5-3-10(8-13)16-9-4-6-15-11(7-9)12(14)17/h4,6-7,10H,3,5,8H2,1-2H3,(H2,14,17)(H,15,16). The Kier molecular flexibility index (Phi) is 3.05. The van der Waals surface area contributed by atoms with Crippen molar-refractivity contribution < 1.29 is 4.79 Å². The molecule has 3 N–H and O–H groups in total. The van der Waals surface area contributed by atoms with Gasteiger partial charge in [0.05, 0.1) is 0 Å². The third-order valence-electron chi connectivity index (χ3n) is 3.35. The topological polar surface area (TPSA) is 68.0 Å². The van der Waals surface area contributed by atoms with Crippen LogP contribution in [0.3, 0.4) is 0 Å². The predicted molar refractivity (Wildman–Crippen MR) is 67.8 cm³/mol. The molecule has 0 bridgehead atoms. The molecule has 1 aromatic heterocycles. The first-order valence-electron chi connectivity index (χ1n) is 5.99. The fraction of sp³-hybridized carbons (Fsp3) is 0.538. The number of nitrogens with zero attached hydrogens (tertiary/aromatic N) is 1. The van der Waals surface area contributed by atoms with Gasteiger partial charge in [-0.2, -0.15) is 0 Å². The number of primary amides is 1. The van der Waals surface area contributed by atoms with Crippen LogP contribution < -0.4 is 11.1 Å². The molecule has 1 aliphatic carbocycles. The zero-order valence-electron chi connectivity index (χ0n) is 10.4. The summed E-state index contributed by atoms with van der Waals surface area (Å²) in [5.74, 6) is -0.486. The summed E-state index contributed by atoms with van der Waals surface area (Å²) < 4.78 is 0. The van der Waals surface area contributed by atoms with Crippen LogP contribution in [-0.4, -0.2) is 16.9 Å². The third-order valence-corrected chi connectivity index (χ3v) is 3.35. The van der Waals surface area contributed by atoms with Gasteiger partial charge in [0.1, 0.15) is 5.69 Å². The smallest absolute Gasteiger partial charge is 0.267 e. The second kappa shape index (κ2) is 4.35. The molecule has 92 valence electrons. The molecule has 1 aromatic rings. The van der Waals surface area contributed by atoms with Gasteiger partial charge in [-0.05, 0) is 36.8 Å². The minimum atomic E-state index is -0.486. The van der Waals surface area contributed by atoms with E-state index >= 15 is 0 Å². The Labute approximate surface area is 102 Å². The Bertz CT molecular complexity index is 428. The number of amides is 1. The fourth-order valence-corrected chi connectivity index (χ4v) is 2.45. The van der Waals surface area contributed by atoms with E-state index in [-0.39, 0.29) is 0 Å². The van der Waals surface area contributed by atoms with Crippen molar-refractivity contribution in [2.75, 3.05) is 5.32 Å². The molecule has 1 saturated carbocycles. The van der Waals surface area contributed by atoms with E-state index in [9.17, 15) is 4.79 Å². The number of aromatic nitrogens is 1. The molecular formula is C13H19N3O. The lowest BCUT2D eigenvalue weighted by Crippen LogP contribution is -2.19. The Morgan fingerprint density at radius 2 is 2.35 bits per heavy atom. The Morgan fingerprint density at radius 3 is 2.94 bits per heavy atom. The normalized spacial score (nSPS) is 22.4. The zero-order chi connectivity index (χ0) is 12.5. The van der Waals surface area contributed by atoms with Gasteiger partial charge >= 0.3 is 0 Å². The molecule has 0 aliphatic heterocycles. The van der Waals surface area contributed by atoms with Gasteiger partial charge in [0.25, 0.3) is 5.91 Å². The number of pyridine rings is 1. The predicted octanol–water partition coefficient (Wildman–Crippen LogP) is 2.17. The van der Waals surface area contributed by atoms with Crippen molar-refractivity contribution >= 4 is 11.6 Å². The molecule has 0 aromatic carbocycles. The van der Waals surface area contributed by atoms with Crippen LogP contribution in [0.5, 0.6) is 0 Å². The van der Waals surface area contributed by atoms with E-state index in [0.717, 1.165) is 12.1 Å². The van der Waals surface area contributed by atoms with Gasteiger partial charge in [-0.15, -0.1) is 0 Å².